The number of hydrogen-bond donors (Lipinski definition) is 0. The van der Waals surface area contributed by atoms with Gasteiger partial charge in [-0.3, -0.25) is 4.90 Å². The molecule has 0 bridgehead atoms. The number of likely N-dealkylation sites (N-methyl/N-ethyl adjacent to an activating group) is 3. The van der Waals surface area contributed by atoms with Gasteiger partial charge in [-0.25, -0.2) is 0 Å². The molecule has 0 aliphatic carbocycles. The highest BCUT2D eigenvalue weighted by Crippen LogP contribution is 2.26. The predicted molar refractivity (Wildman–Crippen MR) is 75.5 cm³/mol. The highest BCUT2D eigenvalue weighted by molar-refractivity contribution is 4.95. The summed E-state index contributed by atoms with van der Waals surface area (Å²) in [5.74, 6) is 0. The Bertz CT molecular complexity index is 260. The quantitative estimate of drug-likeness (QED) is 0.640. The summed E-state index contributed by atoms with van der Waals surface area (Å²) in [5, 5.41) is 0. The maximum Gasteiger partial charge on any atom is 0.0282 e. The average Bonchev–Trinajstić information content (AvgIpc) is 2.14. The van der Waals surface area contributed by atoms with Crippen molar-refractivity contribution in [2.75, 3.05) is 40.8 Å². The Morgan fingerprint density at radius 3 is 1.88 bits per heavy atom. The van der Waals surface area contributed by atoms with Crippen LogP contribution in [0.1, 0.15) is 34.6 Å². The van der Waals surface area contributed by atoms with Gasteiger partial charge in [0.2, 0.25) is 0 Å². The van der Waals surface area contributed by atoms with Gasteiger partial charge in [-0.1, -0.05) is 0 Å². The van der Waals surface area contributed by atoms with E-state index in [2.05, 4.69) is 70.5 Å². The fourth-order valence-electron chi connectivity index (χ4n) is 3.11. The smallest absolute Gasteiger partial charge is 0.0282 e. The van der Waals surface area contributed by atoms with Crippen LogP contribution in [0.3, 0.4) is 0 Å². The molecule has 1 atom stereocenters. The van der Waals surface area contributed by atoms with Gasteiger partial charge in [0.25, 0.3) is 0 Å². The summed E-state index contributed by atoms with van der Waals surface area (Å²) < 4.78 is 0. The lowest BCUT2D eigenvalue weighted by Gasteiger charge is -2.47. The summed E-state index contributed by atoms with van der Waals surface area (Å²) in [4.78, 5) is 7.47. The van der Waals surface area contributed by atoms with Crippen LogP contribution >= 0.6 is 0 Å². The minimum atomic E-state index is 0.206. The Hall–Kier alpha value is -0.120. The molecule has 3 nitrogen and oxygen atoms in total. The molecule has 0 aromatic rings. The summed E-state index contributed by atoms with van der Waals surface area (Å²) in [6.45, 7) is 15.1. The van der Waals surface area contributed by atoms with Gasteiger partial charge >= 0.3 is 0 Å². The summed E-state index contributed by atoms with van der Waals surface area (Å²) >= 11 is 0. The fraction of sp³-hybridized carbons (Fsp3) is 1.00. The highest BCUT2D eigenvalue weighted by atomic mass is 15.3. The van der Waals surface area contributed by atoms with Crippen LogP contribution in [0.15, 0.2) is 0 Å². The van der Waals surface area contributed by atoms with E-state index in [1.54, 1.807) is 0 Å². The van der Waals surface area contributed by atoms with Gasteiger partial charge in [0.15, 0.2) is 0 Å². The van der Waals surface area contributed by atoms with Gasteiger partial charge in [-0.05, 0) is 55.8 Å². The first-order valence-electron chi connectivity index (χ1n) is 6.69. The molecule has 1 saturated heterocycles. The molecule has 1 fully saturated rings. The predicted octanol–water partition coefficient (Wildman–Crippen LogP) is 1.74. The van der Waals surface area contributed by atoms with E-state index in [1.165, 1.54) is 0 Å². The van der Waals surface area contributed by atoms with Crippen molar-refractivity contribution in [3.63, 3.8) is 0 Å². The molecule has 3 heteroatoms. The molecule has 0 amide bonds. The summed E-state index contributed by atoms with van der Waals surface area (Å²) in [7, 11) is 6.74. The minimum Gasteiger partial charge on any atom is -0.303 e. The highest BCUT2D eigenvalue weighted by Gasteiger charge is 2.38. The molecule has 1 aliphatic rings. The molecule has 102 valence electrons. The molecule has 1 unspecified atom stereocenters. The molecule has 1 heterocycles. The standard InChI is InChI=1S/C14H31N3/c1-12-9-15(6)10-13(2,3)17(8)14(4,5)11-16(12)7/h12H,9-11H2,1-8H3. The SMILES string of the molecule is CC1CN(C)CC(C)(C)N(C)C(C)(C)CN1C. The second-order valence-corrected chi connectivity index (χ2v) is 7.14. The van der Waals surface area contributed by atoms with Gasteiger partial charge in [-0.2, -0.15) is 0 Å². The van der Waals surface area contributed by atoms with Crippen LogP contribution in [0, 0.1) is 0 Å². The van der Waals surface area contributed by atoms with Crippen LogP contribution in [-0.4, -0.2) is 72.6 Å². The summed E-state index contributed by atoms with van der Waals surface area (Å²) in [5.41, 5.74) is 0.418. The van der Waals surface area contributed by atoms with Crippen molar-refractivity contribution in [3.8, 4) is 0 Å². The van der Waals surface area contributed by atoms with Crippen LogP contribution in [0.4, 0.5) is 0 Å². The third kappa shape index (κ3) is 3.43. The van der Waals surface area contributed by atoms with E-state index in [-0.39, 0.29) is 11.1 Å². The lowest BCUT2D eigenvalue weighted by molar-refractivity contribution is 0.0199. The van der Waals surface area contributed by atoms with Crippen LogP contribution in [0.5, 0.6) is 0 Å². The van der Waals surface area contributed by atoms with Crippen molar-refractivity contribution >= 4 is 0 Å². The van der Waals surface area contributed by atoms with Crippen LogP contribution < -0.4 is 0 Å². The van der Waals surface area contributed by atoms with Gasteiger partial charge in [-0.15, -0.1) is 0 Å². The monoisotopic (exact) mass is 241 g/mol. The lowest BCUT2D eigenvalue weighted by Crippen LogP contribution is -2.59. The molecule has 0 N–H and O–H groups in total. The maximum absolute atomic E-state index is 2.53. The van der Waals surface area contributed by atoms with Crippen molar-refractivity contribution in [2.45, 2.75) is 51.7 Å². The van der Waals surface area contributed by atoms with E-state index < -0.39 is 0 Å². The number of hydrogen-bond acceptors (Lipinski definition) is 3. The first-order chi connectivity index (χ1) is 7.56. The Morgan fingerprint density at radius 1 is 0.882 bits per heavy atom. The zero-order chi connectivity index (χ0) is 13.4. The lowest BCUT2D eigenvalue weighted by atomic mass is 9.93. The number of rotatable bonds is 0. The van der Waals surface area contributed by atoms with Crippen LogP contribution in [0.2, 0.25) is 0 Å². The first kappa shape index (κ1) is 14.9. The van der Waals surface area contributed by atoms with E-state index in [0.29, 0.717) is 6.04 Å². The molecule has 0 spiro atoms. The van der Waals surface area contributed by atoms with Crippen molar-refractivity contribution < 1.29 is 0 Å². The second-order valence-electron chi connectivity index (χ2n) is 7.14. The van der Waals surface area contributed by atoms with E-state index >= 15 is 0 Å². The molecular weight excluding hydrogens is 210 g/mol. The third-order valence-corrected chi connectivity index (χ3v) is 4.44. The summed E-state index contributed by atoms with van der Waals surface area (Å²) in [6, 6.07) is 0.613. The normalized spacial score (nSPS) is 32.8. The van der Waals surface area contributed by atoms with Crippen LogP contribution in [0.25, 0.3) is 0 Å². The van der Waals surface area contributed by atoms with Crippen molar-refractivity contribution in [1.29, 1.82) is 0 Å². The largest absolute Gasteiger partial charge is 0.303 e. The molecule has 17 heavy (non-hydrogen) atoms. The Balaban J connectivity index is 3.00. The second kappa shape index (κ2) is 4.87. The Morgan fingerprint density at radius 2 is 1.35 bits per heavy atom. The van der Waals surface area contributed by atoms with Gasteiger partial charge < -0.3 is 9.80 Å². The Labute approximate surface area is 108 Å². The zero-order valence-electron chi connectivity index (χ0n) is 13.0. The van der Waals surface area contributed by atoms with Gasteiger partial charge in [0, 0.05) is 36.8 Å². The zero-order valence-corrected chi connectivity index (χ0v) is 13.0. The average molecular weight is 241 g/mol. The van der Waals surface area contributed by atoms with E-state index in [0.717, 1.165) is 19.6 Å². The molecular formula is C14H31N3. The minimum absolute atomic E-state index is 0.206. The summed E-state index contributed by atoms with van der Waals surface area (Å²) in [6.07, 6.45) is 0. The van der Waals surface area contributed by atoms with E-state index in [9.17, 15) is 0 Å². The van der Waals surface area contributed by atoms with Crippen LogP contribution in [-0.2, 0) is 0 Å². The molecule has 0 aromatic heterocycles. The topological polar surface area (TPSA) is 9.72 Å². The van der Waals surface area contributed by atoms with Gasteiger partial charge in [0.1, 0.15) is 0 Å². The maximum atomic E-state index is 2.53. The first-order valence-corrected chi connectivity index (χ1v) is 6.69. The third-order valence-electron chi connectivity index (χ3n) is 4.44. The Kier molecular flexibility index (Phi) is 4.28. The molecule has 0 aromatic carbocycles. The van der Waals surface area contributed by atoms with E-state index in [4.69, 9.17) is 0 Å². The molecule has 0 saturated carbocycles. The molecule has 1 aliphatic heterocycles. The van der Waals surface area contributed by atoms with Crippen molar-refractivity contribution in [3.05, 3.63) is 0 Å². The van der Waals surface area contributed by atoms with Crippen molar-refractivity contribution in [2.24, 2.45) is 0 Å². The van der Waals surface area contributed by atoms with Crippen molar-refractivity contribution in [1.82, 2.24) is 14.7 Å². The van der Waals surface area contributed by atoms with E-state index in [1.807, 2.05) is 0 Å². The number of nitrogens with zero attached hydrogens (tertiary/aromatic N) is 3. The molecule has 1 rings (SSSR count). The fourth-order valence-corrected chi connectivity index (χ4v) is 3.11. The van der Waals surface area contributed by atoms with Gasteiger partial charge in [0.05, 0.1) is 0 Å². The molecule has 0 radical (unpaired) electrons.